The molecule has 0 aliphatic carbocycles. The van der Waals surface area contributed by atoms with Crippen molar-refractivity contribution in [3.63, 3.8) is 0 Å². The molecule has 0 heterocycles. The van der Waals surface area contributed by atoms with Crippen LogP contribution in [0.5, 0.6) is 0 Å². The molecule has 1 aromatic rings. The van der Waals surface area contributed by atoms with Gasteiger partial charge in [0.05, 0.1) is 7.11 Å². The van der Waals surface area contributed by atoms with Crippen molar-refractivity contribution in [2.75, 3.05) is 12.9 Å². The number of hydrogen-bond donors (Lipinski definition) is 1. The fraction of sp³-hybridized carbons (Fsp3) is 0.500. The minimum absolute atomic E-state index is 0.0140. The van der Waals surface area contributed by atoms with Crippen LogP contribution in [0.1, 0.15) is 26.7 Å². The molecule has 0 saturated carbocycles. The molecule has 0 radical (unpaired) electrons. The van der Waals surface area contributed by atoms with Crippen molar-refractivity contribution in [3.05, 3.63) is 30.3 Å². The second-order valence-electron chi connectivity index (χ2n) is 5.08. The number of carbonyl (C=O) groups is 2. The molecule has 0 spiro atoms. The number of amides is 1. The first-order valence-corrected chi connectivity index (χ1v) is 8.08. The Balaban J connectivity index is 2.28. The van der Waals surface area contributed by atoms with Gasteiger partial charge in [-0.2, -0.15) is 0 Å². The molecular formula is C16H23NO3S. The van der Waals surface area contributed by atoms with Crippen LogP contribution in [0.15, 0.2) is 35.2 Å². The number of carbonyl (C=O) groups excluding carboxylic acids is 2. The molecule has 1 aromatic carbocycles. The van der Waals surface area contributed by atoms with Gasteiger partial charge in [0.2, 0.25) is 5.91 Å². The van der Waals surface area contributed by atoms with E-state index >= 15 is 0 Å². The highest BCUT2D eigenvalue weighted by molar-refractivity contribution is 7.99. The maximum absolute atomic E-state index is 11.9. The van der Waals surface area contributed by atoms with Crippen LogP contribution in [0.3, 0.4) is 0 Å². The number of hydrogen-bond acceptors (Lipinski definition) is 4. The van der Waals surface area contributed by atoms with Crippen LogP contribution in [0.25, 0.3) is 0 Å². The monoisotopic (exact) mass is 309 g/mol. The van der Waals surface area contributed by atoms with Crippen LogP contribution < -0.4 is 5.32 Å². The molecule has 116 valence electrons. The van der Waals surface area contributed by atoms with Gasteiger partial charge in [-0.15, -0.1) is 11.8 Å². The lowest BCUT2D eigenvalue weighted by Crippen LogP contribution is -2.44. The standard InChI is InChI=1S/C16H23NO3S/c1-12(2)15(16(19)20-3)17-14(18)10-7-11-21-13-8-5-4-6-9-13/h4-6,8-9,12,15H,7,10-11H2,1-3H3,(H,17,18). The average molecular weight is 309 g/mol. The SMILES string of the molecule is COC(=O)C(NC(=O)CCCSc1ccccc1)C(C)C. The highest BCUT2D eigenvalue weighted by Crippen LogP contribution is 2.18. The molecule has 1 N–H and O–H groups in total. The first kappa shape index (κ1) is 17.6. The summed E-state index contributed by atoms with van der Waals surface area (Å²) in [7, 11) is 1.33. The van der Waals surface area contributed by atoms with Crippen LogP contribution in [0, 0.1) is 5.92 Å². The normalized spacial score (nSPS) is 12.0. The number of nitrogens with one attached hydrogen (secondary N) is 1. The number of methoxy groups -OCH3 is 1. The van der Waals surface area contributed by atoms with E-state index in [1.807, 2.05) is 32.0 Å². The summed E-state index contributed by atoms with van der Waals surface area (Å²) in [6, 6.07) is 9.52. The lowest BCUT2D eigenvalue weighted by atomic mass is 10.0. The molecule has 0 aliphatic heterocycles. The predicted molar refractivity (Wildman–Crippen MR) is 85.2 cm³/mol. The van der Waals surface area contributed by atoms with Gasteiger partial charge in [0, 0.05) is 11.3 Å². The topological polar surface area (TPSA) is 55.4 Å². The zero-order valence-electron chi connectivity index (χ0n) is 12.8. The summed E-state index contributed by atoms with van der Waals surface area (Å²) in [4.78, 5) is 24.6. The largest absolute Gasteiger partial charge is 0.467 e. The molecule has 4 nitrogen and oxygen atoms in total. The minimum atomic E-state index is -0.565. The van der Waals surface area contributed by atoms with E-state index in [-0.39, 0.29) is 11.8 Å². The van der Waals surface area contributed by atoms with Crippen LogP contribution in [-0.2, 0) is 14.3 Å². The van der Waals surface area contributed by atoms with Gasteiger partial charge in [-0.1, -0.05) is 32.0 Å². The summed E-state index contributed by atoms with van der Waals surface area (Å²) < 4.78 is 4.70. The van der Waals surface area contributed by atoms with Crippen molar-refractivity contribution in [1.82, 2.24) is 5.32 Å². The maximum Gasteiger partial charge on any atom is 0.328 e. The maximum atomic E-state index is 11.9. The molecule has 5 heteroatoms. The molecule has 21 heavy (non-hydrogen) atoms. The summed E-state index contributed by atoms with van der Waals surface area (Å²) in [5, 5.41) is 2.74. The Bertz CT molecular complexity index is 448. The summed E-state index contributed by atoms with van der Waals surface area (Å²) in [6.07, 6.45) is 1.19. The molecule has 0 saturated heterocycles. The molecule has 1 unspecified atom stereocenters. The molecule has 0 aliphatic rings. The van der Waals surface area contributed by atoms with Gasteiger partial charge in [0.1, 0.15) is 6.04 Å². The lowest BCUT2D eigenvalue weighted by molar-refractivity contribution is -0.146. The number of esters is 1. The van der Waals surface area contributed by atoms with Crippen molar-refractivity contribution in [1.29, 1.82) is 0 Å². The average Bonchev–Trinajstić information content (AvgIpc) is 2.49. The van der Waals surface area contributed by atoms with Crippen LogP contribution in [0.4, 0.5) is 0 Å². The van der Waals surface area contributed by atoms with E-state index in [0.29, 0.717) is 6.42 Å². The first-order valence-electron chi connectivity index (χ1n) is 7.09. The van der Waals surface area contributed by atoms with E-state index in [4.69, 9.17) is 4.74 Å². The Morgan fingerprint density at radius 1 is 1.24 bits per heavy atom. The lowest BCUT2D eigenvalue weighted by Gasteiger charge is -2.19. The van der Waals surface area contributed by atoms with E-state index in [2.05, 4.69) is 17.4 Å². The van der Waals surface area contributed by atoms with E-state index in [1.165, 1.54) is 12.0 Å². The Morgan fingerprint density at radius 2 is 1.90 bits per heavy atom. The van der Waals surface area contributed by atoms with E-state index in [0.717, 1.165) is 12.2 Å². The number of ether oxygens (including phenoxy) is 1. The zero-order chi connectivity index (χ0) is 15.7. The molecule has 0 aromatic heterocycles. The number of rotatable bonds is 8. The second kappa shape index (κ2) is 9.45. The first-order chi connectivity index (χ1) is 10.0. The van der Waals surface area contributed by atoms with Gasteiger partial charge in [-0.25, -0.2) is 4.79 Å². The molecular weight excluding hydrogens is 286 g/mol. The van der Waals surface area contributed by atoms with Crippen molar-refractivity contribution in [2.45, 2.75) is 37.6 Å². The summed E-state index contributed by atoms with van der Waals surface area (Å²) in [6.45, 7) is 3.76. The quantitative estimate of drug-likeness (QED) is 0.456. The van der Waals surface area contributed by atoms with Gasteiger partial charge in [0.15, 0.2) is 0 Å². The minimum Gasteiger partial charge on any atom is -0.467 e. The fourth-order valence-corrected chi connectivity index (χ4v) is 2.68. The molecule has 1 atom stereocenters. The third-order valence-corrected chi connectivity index (χ3v) is 4.10. The Hall–Kier alpha value is -1.49. The van der Waals surface area contributed by atoms with E-state index in [1.54, 1.807) is 11.8 Å². The summed E-state index contributed by atoms with van der Waals surface area (Å²) >= 11 is 1.73. The third kappa shape index (κ3) is 6.67. The predicted octanol–water partition coefficient (Wildman–Crippen LogP) is 2.87. The van der Waals surface area contributed by atoms with E-state index in [9.17, 15) is 9.59 Å². The van der Waals surface area contributed by atoms with Crippen LogP contribution in [0.2, 0.25) is 0 Å². The van der Waals surface area contributed by atoms with Crippen molar-refractivity contribution < 1.29 is 14.3 Å². The molecule has 1 rings (SSSR count). The summed E-state index contributed by atoms with van der Waals surface area (Å²) in [5.41, 5.74) is 0. The van der Waals surface area contributed by atoms with Gasteiger partial charge < -0.3 is 10.1 Å². The van der Waals surface area contributed by atoms with Crippen molar-refractivity contribution in [2.24, 2.45) is 5.92 Å². The van der Waals surface area contributed by atoms with Crippen molar-refractivity contribution >= 4 is 23.6 Å². The third-order valence-electron chi connectivity index (χ3n) is 3.00. The second-order valence-corrected chi connectivity index (χ2v) is 6.25. The van der Waals surface area contributed by atoms with Crippen LogP contribution in [-0.4, -0.2) is 30.8 Å². The summed E-state index contributed by atoms with van der Waals surface area (Å²) in [5.74, 6) is 0.395. The molecule has 0 bridgehead atoms. The smallest absolute Gasteiger partial charge is 0.328 e. The number of benzene rings is 1. The fourth-order valence-electron chi connectivity index (χ4n) is 1.81. The highest BCUT2D eigenvalue weighted by Gasteiger charge is 2.24. The molecule has 0 fully saturated rings. The Morgan fingerprint density at radius 3 is 2.48 bits per heavy atom. The Labute approximate surface area is 130 Å². The zero-order valence-corrected chi connectivity index (χ0v) is 13.6. The van der Waals surface area contributed by atoms with Crippen molar-refractivity contribution in [3.8, 4) is 0 Å². The number of thioether (sulfide) groups is 1. The molecule has 1 amide bonds. The van der Waals surface area contributed by atoms with Gasteiger partial charge in [-0.3, -0.25) is 4.79 Å². The van der Waals surface area contributed by atoms with Gasteiger partial charge in [-0.05, 0) is 30.2 Å². The van der Waals surface area contributed by atoms with Gasteiger partial charge >= 0.3 is 5.97 Å². The van der Waals surface area contributed by atoms with Gasteiger partial charge in [0.25, 0.3) is 0 Å². The Kier molecular flexibility index (Phi) is 7.90. The van der Waals surface area contributed by atoms with E-state index < -0.39 is 12.0 Å². The van der Waals surface area contributed by atoms with Crippen LogP contribution >= 0.6 is 11.8 Å². The highest BCUT2D eigenvalue weighted by atomic mass is 32.2.